The van der Waals surface area contributed by atoms with Gasteiger partial charge in [0.15, 0.2) is 17.1 Å². The molecule has 1 aromatic carbocycles. The van der Waals surface area contributed by atoms with Crippen LogP contribution in [0.1, 0.15) is 29.6 Å². The zero-order valence-electron chi connectivity index (χ0n) is 14.8. The number of aromatic nitrogens is 1. The number of hydrogen-bond donors (Lipinski definition) is 2. The Kier molecular flexibility index (Phi) is 3.33. The normalized spacial score (nSPS) is 34.7. The molecule has 8 heteroatoms. The summed E-state index contributed by atoms with van der Waals surface area (Å²) in [7, 11) is -1.37. The van der Waals surface area contributed by atoms with Crippen LogP contribution in [-0.2, 0) is 0 Å². The molecule has 2 aromatic rings. The molecule has 7 rings (SSSR count). The fraction of sp³-hybridized carbons (Fsp3) is 0.421. The van der Waals surface area contributed by atoms with E-state index in [0.29, 0.717) is 34.0 Å². The van der Waals surface area contributed by atoms with E-state index < -0.39 is 10.2 Å². The Hall–Kier alpha value is -2.16. The summed E-state index contributed by atoms with van der Waals surface area (Å²) in [4.78, 5) is 21.9. The van der Waals surface area contributed by atoms with Crippen LogP contribution in [0.15, 0.2) is 45.6 Å². The number of fused-ring (bicyclic) bond motifs is 3. The summed E-state index contributed by atoms with van der Waals surface area (Å²) >= 11 is 0. The minimum absolute atomic E-state index is 0.158. The number of oxazole rings is 1. The van der Waals surface area contributed by atoms with Gasteiger partial charge in [-0.05, 0) is 36.8 Å². The molecular formula is C19H21N5O2S. The number of amidine groups is 1. The van der Waals surface area contributed by atoms with Crippen LogP contribution in [0.5, 0.6) is 0 Å². The van der Waals surface area contributed by atoms with Gasteiger partial charge in [-0.2, -0.15) is 0 Å². The molecule has 0 radical (unpaired) electrons. The smallest absolute Gasteiger partial charge is 0.259 e. The maximum absolute atomic E-state index is 13.1. The van der Waals surface area contributed by atoms with E-state index in [2.05, 4.69) is 30.3 Å². The maximum Gasteiger partial charge on any atom is 0.259 e. The molecule has 1 aliphatic carbocycles. The van der Waals surface area contributed by atoms with Gasteiger partial charge in [0.05, 0.1) is 5.56 Å². The number of amides is 1. The number of aliphatic imine (C=N–C) groups is 1. The number of carbonyl (C=O) groups excluding carboxylic acids is 1. The van der Waals surface area contributed by atoms with Crippen molar-refractivity contribution in [2.24, 2.45) is 4.99 Å². The molecule has 1 amide bonds. The number of piperidine rings is 1. The Morgan fingerprint density at radius 1 is 1.30 bits per heavy atom. The molecule has 2 bridgehead atoms. The van der Waals surface area contributed by atoms with Crippen LogP contribution >= 0.6 is 10.2 Å². The van der Waals surface area contributed by atoms with Crippen molar-refractivity contribution in [3.8, 4) is 0 Å². The summed E-state index contributed by atoms with van der Waals surface area (Å²) in [5, 5.41) is 10.5. The number of para-hydroxylation sites is 1. The highest BCUT2D eigenvalue weighted by Gasteiger charge is 2.53. The van der Waals surface area contributed by atoms with E-state index in [0.717, 1.165) is 18.3 Å². The van der Waals surface area contributed by atoms with Crippen molar-refractivity contribution >= 4 is 32.4 Å². The summed E-state index contributed by atoms with van der Waals surface area (Å²) in [5.41, 5.74) is 1.75. The van der Waals surface area contributed by atoms with Crippen LogP contribution in [0.2, 0.25) is 0 Å². The molecular weight excluding hydrogens is 362 g/mol. The summed E-state index contributed by atoms with van der Waals surface area (Å²) in [6, 6.07) is 6.60. The molecule has 140 valence electrons. The van der Waals surface area contributed by atoms with Gasteiger partial charge in [-0.15, -0.1) is 10.2 Å². The number of hydrogen-bond acceptors (Lipinski definition) is 6. The quantitative estimate of drug-likeness (QED) is 0.850. The Balaban J connectivity index is 1.32. The van der Waals surface area contributed by atoms with Crippen LogP contribution < -0.4 is 10.6 Å². The monoisotopic (exact) mass is 383 g/mol. The average Bonchev–Trinajstić information content (AvgIpc) is 3.25. The lowest BCUT2D eigenvalue weighted by Crippen LogP contribution is -2.67. The third kappa shape index (κ3) is 2.33. The molecule has 0 spiro atoms. The standard InChI is InChI=1S/C19H21N5O2S/c25-18(15-2-1-3-16-17(15)21-11-26-16)23-19-20-6-7-27(19,14-4-5-14)24-9-12-8-13(10-24)22-12/h1-3,6-7,11-14,22H,4-5,8-10H2,(H,20,23,25). The molecule has 3 unspecified atom stereocenters. The Bertz CT molecular complexity index is 981. The zero-order chi connectivity index (χ0) is 18.0. The summed E-state index contributed by atoms with van der Waals surface area (Å²) in [6.45, 7) is 2.08. The zero-order valence-corrected chi connectivity index (χ0v) is 15.6. The van der Waals surface area contributed by atoms with Crippen molar-refractivity contribution in [1.82, 2.24) is 19.9 Å². The molecule has 4 aliphatic heterocycles. The molecule has 4 fully saturated rings. The van der Waals surface area contributed by atoms with Gasteiger partial charge in [0.1, 0.15) is 5.52 Å². The molecule has 5 heterocycles. The lowest BCUT2D eigenvalue weighted by atomic mass is 9.93. The molecule has 1 saturated carbocycles. The van der Waals surface area contributed by atoms with E-state index in [4.69, 9.17) is 4.42 Å². The van der Waals surface area contributed by atoms with Gasteiger partial charge in [0.25, 0.3) is 5.91 Å². The van der Waals surface area contributed by atoms with Gasteiger partial charge in [-0.3, -0.25) is 9.10 Å². The SMILES string of the molecule is O=C(NC1=NC=CS1(C1CC1)N1CC2CC(C1)N2)c1cccc2ocnc12. The highest BCUT2D eigenvalue weighted by molar-refractivity contribution is 8.46. The van der Waals surface area contributed by atoms with Gasteiger partial charge in [0, 0.05) is 36.6 Å². The third-order valence-electron chi connectivity index (χ3n) is 5.94. The first kappa shape index (κ1) is 15.9. The molecule has 2 N–H and O–H groups in total. The average molecular weight is 383 g/mol. The summed E-state index contributed by atoms with van der Waals surface area (Å²) in [5.74, 6) is -0.158. The second-order valence-corrected chi connectivity index (χ2v) is 10.9. The molecule has 3 saturated heterocycles. The van der Waals surface area contributed by atoms with E-state index in [1.807, 2.05) is 18.3 Å². The largest absolute Gasteiger partial charge is 0.443 e. The first-order chi connectivity index (χ1) is 13.2. The Morgan fingerprint density at radius 3 is 2.89 bits per heavy atom. The second kappa shape index (κ2) is 5.67. The fourth-order valence-corrected chi connectivity index (χ4v) is 8.47. The number of carbonyl (C=O) groups is 1. The highest BCUT2D eigenvalue weighted by atomic mass is 32.3. The molecule has 27 heavy (non-hydrogen) atoms. The van der Waals surface area contributed by atoms with Gasteiger partial charge < -0.3 is 15.1 Å². The van der Waals surface area contributed by atoms with E-state index in [1.165, 1.54) is 25.7 Å². The number of nitrogens with one attached hydrogen (secondary N) is 2. The van der Waals surface area contributed by atoms with Gasteiger partial charge >= 0.3 is 0 Å². The first-order valence-corrected chi connectivity index (χ1v) is 11.2. The summed E-state index contributed by atoms with van der Waals surface area (Å²) in [6.07, 6.45) is 6.98. The van der Waals surface area contributed by atoms with Crippen molar-refractivity contribution in [3.63, 3.8) is 0 Å². The van der Waals surface area contributed by atoms with Crippen LogP contribution in [0.25, 0.3) is 11.1 Å². The summed E-state index contributed by atoms with van der Waals surface area (Å²) < 4.78 is 7.95. The third-order valence-corrected chi connectivity index (χ3v) is 9.95. The molecule has 3 atom stereocenters. The van der Waals surface area contributed by atoms with Crippen LogP contribution in [0.3, 0.4) is 0 Å². The van der Waals surface area contributed by atoms with Crippen molar-refractivity contribution < 1.29 is 9.21 Å². The fourth-order valence-electron chi connectivity index (χ4n) is 4.52. The maximum atomic E-state index is 13.1. The predicted molar refractivity (Wildman–Crippen MR) is 106 cm³/mol. The van der Waals surface area contributed by atoms with E-state index in [9.17, 15) is 4.79 Å². The number of benzene rings is 1. The second-order valence-electron chi connectivity index (χ2n) is 7.69. The molecule has 1 aromatic heterocycles. The lowest BCUT2D eigenvalue weighted by molar-refractivity contribution is 0.0979. The number of rotatable bonds is 3. The van der Waals surface area contributed by atoms with E-state index in [-0.39, 0.29) is 5.91 Å². The minimum atomic E-state index is -1.37. The lowest BCUT2D eigenvalue weighted by Gasteiger charge is -2.56. The molecule has 7 nitrogen and oxygen atoms in total. The van der Waals surface area contributed by atoms with E-state index in [1.54, 1.807) is 6.07 Å². The van der Waals surface area contributed by atoms with Gasteiger partial charge in [-0.25, -0.2) is 9.98 Å². The molecule has 5 aliphatic rings. The number of piperazine rings is 1. The van der Waals surface area contributed by atoms with Gasteiger partial charge in [-0.1, -0.05) is 6.07 Å². The van der Waals surface area contributed by atoms with Crippen molar-refractivity contribution in [2.75, 3.05) is 13.1 Å². The highest BCUT2D eigenvalue weighted by Crippen LogP contribution is 2.68. The van der Waals surface area contributed by atoms with Crippen molar-refractivity contribution in [3.05, 3.63) is 41.8 Å². The van der Waals surface area contributed by atoms with Crippen LogP contribution in [0, 0.1) is 0 Å². The Morgan fingerprint density at radius 2 is 2.11 bits per heavy atom. The first-order valence-electron chi connectivity index (χ1n) is 9.45. The van der Waals surface area contributed by atoms with Gasteiger partial charge in [0.2, 0.25) is 0 Å². The van der Waals surface area contributed by atoms with Crippen LogP contribution in [-0.4, -0.2) is 50.8 Å². The minimum Gasteiger partial charge on any atom is -0.443 e. The van der Waals surface area contributed by atoms with Crippen molar-refractivity contribution in [2.45, 2.75) is 36.6 Å². The van der Waals surface area contributed by atoms with Crippen LogP contribution in [0.4, 0.5) is 0 Å². The topological polar surface area (TPSA) is 82.8 Å². The van der Waals surface area contributed by atoms with Crippen molar-refractivity contribution in [1.29, 1.82) is 0 Å². The van der Waals surface area contributed by atoms with E-state index >= 15 is 0 Å². The Labute approximate surface area is 158 Å². The number of nitrogens with zero attached hydrogens (tertiary/aromatic N) is 3. The predicted octanol–water partition coefficient (Wildman–Crippen LogP) is 2.33.